The van der Waals surface area contributed by atoms with Crippen molar-refractivity contribution in [2.24, 2.45) is 0 Å². The fourth-order valence-electron chi connectivity index (χ4n) is 0.354. The summed E-state index contributed by atoms with van der Waals surface area (Å²) < 4.78 is 34.9. The van der Waals surface area contributed by atoms with Crippen molar-refractivity contribution >= 4 is 0 Å². The van der Waals surface area contributed by atoms with Crippen molar-refractivity contribution in [1.82, 2.24) is 15.4 Å². The van der Waals surface area contributed by atoms with Crippen LogP contribution < -0.4 is 0 Å². The number of hydrogen-bond donors (Lipinski definition) is 0. The predicted octanol–water partition coefficient (Wildman–Crippen LogP) is 0.691. The highest BCUT2D eigenvalue weighted by Crippen LogP contribution is 2.25. The number of hydrogen-bond acceptors (Lipinski definition) is 3. The minimum atomic E-state index is -4.48. The molecule has 0 fully saturated rings. The van der Waals surface area contributed by atoms with Crippen LogP contribution in [0.3, 0.4) is 0 Å². The third-order valence-corrected chi connectivity index (χ3v) is 0.724. The molecule has 0 N–H and O–H groups in total. The predicted molar refractivity (Wildman–Crippen MR) is 23.7 cm³/mol. The highest BCUT2D eigenvalue weighted by atomic mass is 19.4. The van der Waals surface area contributed by atoms with Crippen LogP contribution in [0.15, 0.2) is 6.20 Å². The van der Waals surface area contributed by atoms with E-state index in [0.29, 0.717) is 0 Å². The molecule has 0 aliphatic heterocycles. The maximum absolute atomic E-state index is 11.6. The molecule has 0 atom stereocenters. The number of halogens is 3. The average Bonchev–Trinajstić information content (AvgIpc) is 1.88. The first-order valence-corrected chi connectivity index (χ1v) is 2.24. The van der Waals surface area contributed by atoms with Gasteiger partial charge in [0, 0.05) is 6.07 Å². The molecular weight excluding hydrogens is 147 g/mol. The Bertz CT molecular complexity index is 207. The van der Waals surface area contributed by atoms with E-state index >= 15 is 0 Å². The van der Waals surface area contributed by atoms with E-state index < -0.39 is 11.9 Å². The summed E-state index contributed by atoms with van der Waals surface area (Å²) in [5, 5.41) is 8.55. The molecule has 1 aromatic rings. The molecule has 0 saturated heterocycles. The van der Waals surface area contributed by atoms with Gasteiger partial charge in [-0.1, -0.05) is 0 Å². The topological polar surface area (TPSA) is 38.7 Å². The molecule has 1 radical (unpaired) electrons. The van der Waals surface area contributed by atoms with E-state index in [9.17, 15) is 13.2 Å². The summed E-state index contributed by atoms with van der Waals surface area (Å²) in [5.41, 5.74) is -1.15. The summed E-state index contributed by atoms with van der Waals surface area (Å²) in [6.07, 6.45) is -3.66. The molecule has 0 saturated carbocycles. The van der Waals surface area contributed by atoms with Gasteiger partial charge in [0.05, 0.1) is 6.20 Å². The summed E-state index contributed by atoms with van der Waals surface area (Å²) in [6.45, 7) is 0. The van der Waals surface area contributed by atoms with Gasteiger partial charge in [0.2, 0.25) is 0 Å². The maximum atomic E-state index is 11.6. The number of alkyl halides is 3. The van der Waals surface area contributed by atoms with Crippen molar-refractivity contribution in [1.29, 1.82) is 0 Å². The monoisotopic (exact) mass is 148 g/mol. The van der Waals surface area contributed by atoms with Gasteiger partial charge in [-0.25, -0.2) is 0 Å². The zero-order chi connectivity index (χ0) is 7.61. The van der Waals surface area contributed by atoms with Crippen molar-refractivity contribution in [3.8, 4) is 0 Å². The van der Waals surface area contributed by atoms with Crippen molar-refractivity contribution < 1.29 is 13.2 Å². The quantitative estimate of drug-likeness (QED) is 0.543. The van der Waals surface area contributed by atoms with Gasteiger partial charge in [0.15, 0.2) is 5.69 Å². The molecule has 6 heteroatoms. The number of aromatic nitrogens is 3. The fourth-order valence-corrected chi connectivity index (χ4v) is 0.354. The van der Waals surface area contributed by atoms with E-state index in [1.54, 1.807) is 6.07 Å². The highest BCUT2D eigenvalue weighted by Gasteiger charge is 2.33. The molecule has 1 aromatic heterocycles. The van der Waals surface area contributed by atoms with E-state index in [0.717, 1.165) is 6.20 Å². The molecule has 3 nitrogen and oxygen atoms in total. The molecule has 53 valence electrons. The summed E-state index contributed by atoms with van der Waals surface area (Å²) in [4.78, 5) is 0. The molecule has 1 heterocycles. The van der Waals surface area contributed by atoms with Crippen molar-refractivity contribution in [3.05, 3.63) is 18.0 Å². The SMILES string of the molecule is FC(F)(F)c1[c]cnnn1. The molecular formula is C4HF3N3. The van der Waals surface area contributed by atoms with Gasteiger partial charge in [-0.05, 0) is 5.21 Å². The van der Waals surface area contributed by atoms with Crippen LogP contribution >= 0.6 is 0 Å². The van der Waals surface area contributed by atoms with Crippen LogP contribution in [0.25, 0.3) is 0 Å². The molecule has 1 rings (SSSR count). The van der Waals surface area contributed by atoms with Crippen LogP contribution in [0.1, 0.15) is 5.69 Å². The first kappa shape index (κ1) is 6.91. The van der Waals surface area contributed by atoms with E-state index in [2.05, 4.69) is 15.4 Å². The second-order valence-corrected chi connectivity index (χ2v) is 1.42. The molecule has 0 aliphatic rings. The third-order valence-electron chi connectivity index (χ3n) is 0.724. The lowest BCUT2D eigenvalue weighted by atomic mass is 10.4. The lowest BCUT2D eigenvalue weighted by molar-refractivity contribution is -0.142. The van der Waals surface area contributed by atoms with Crippen molar-refractivity contribution in [3.63, 3.8) is 0 Å². The Labute approximate surface area is 53.9 Å². The van der Waals surface area contributed by atoms with Crippen molar-refractivity contribution in [2.75, 3.05) is 0 Å². The lowest BCUT2D eigenvalue weighted by Crippen LogP contribution is -2.09. The number of rotatable bonds is 0. The van der Waals surface area contributed by atoms with Gasteiger partial charge in [0.1, 0.15) is 0 Å². The molecule has 0 aliphatic carbocycles. The van der Waals surface area contributed by atoms with Crippen LogP contribution in [0.2, 0.25) is 0 Å². The molecule has 0 unspecified atom stereocenters. The summed E-state index contributed by atoms with van der Waals surface area (Å²) in [6, 6.07) is 1.80. The summed E-state index contributed by atoms with van der Waals surface area (Å²) >= 11 is 0. The molecule has 0 spiro atoms. The zero-order valence-electron chi connectivity index (χ0n) is 4.55. The Morgan fingerprint density at radius 1 is 1.40 bits per heavy atom. The Morgan fingerprint density at radius 3 is 2.40 bits per heavy atom. The minimum Gasteiger partial charge on any atom is -0.164 e. The van der Waals surface area contributed by atoms with Gasteiger partial charge in [-0.15, -0.1) is 10.2 Å². The first-order chi connectivity index (χ1) is 4.61. The standard InChI is InChI=1S/C4HF3N3/c5-4(6,7)3-1-2-8-10-9-3/h2H. The van der Waals surface area contributed by atoms with Gasteiger partial charge in [0.25, 0.3) is 0 Å². The lowest BCUT2D eigenvalue weighted by Gasteiger charge is -2.00. The summed E-state index contributed by atoms with van der Waals surface area (Å²) in [7, 11) is 0. The molecule has 0 bridgehead atoms. The maximum Gasteiger partial charge on any atom is 0.435 e. The van der Waals surface area contributed by atoms with E-state index in [1.165, 1.54) is 0 Å². The average molecular weight is 148 g/mol. The largest absolute Gasteiger partial charge is 0.435 e. The minimum absolute atomic E-state index is 0.815. The smallest absolute Gasteiger partial charge is 0.164 e. The van der Waals surface area contributed by atoms with Gasteiger partial charge in [-0.3, -0.25) is 0 Å². The van der Waals surface area contributed by atoms with Crippen LogP contribution in [0.5, 0.6) is 0 Å². The third kappa shape index (κ3) is 1.40. The first-order valence-electron chi connectivity index (χ1n) is 2.24. The Kier molecular flexibility index (Phi) is 1.52. The van der Waals surface area contributed by atoms with Crippen LogP contribution in [-0.4, -0.2) is 15.4 Å². The molecule has 0 amide bonds. The fraction of sp³-hybridized carbons (Fsp3) is 0.250. The van der Waals surface area contributed by atoms with E-state index in [4.69, 9.17) is 0 Å². The van der Waals surface area contributed by atoms with Gasteiger partial charge >= 0.3 is 6.18 Å². The highest BCUT2D eigenvalue weighted by molar-refractivity contribution is 4.97. The zero-order valence-corrected chi connectivity index (χ0v) is 4.55. The van der Waals surface area contributed by atoms with Crippen molar-refractivity contribution in [2.45, 2.75) is 6.18 Å². The summed E-state index contributed by atoms with van der Waals surface area (Å²) in [5.74, 6) is 0. The Hall–Kier alpha value is -1.20. The Balaban J connectivity index is 2.97. The second kappa shape index (κ2) is 2.20. The van der Waals surface area contributed by atoms with E-state index in [1.807, 2.05) is 0 Å². The number of nitrogens with zero attached hydrogens (tertiary/aromatic N) is 3. The van der Waals surface area contributed by atoms with Crippen LogP contribution in [0, 0.1) is 6.07 Å². The second-order valence-electron chi connectivity index (χ2n) is 1.42. The van der Waals surface area contributed by atoms with Crippen LogP contribution in [0.4, 0.5) is 13.2 Å². The Morgan fingerprint density at radius 2 is 2.10 bits per heavy atom. The van der Waals surface area contributed by atoms with Gasteiger partial charge < -0.3 is 0 Å². The van der Waals surface area contributed by atoms with E-state index in [-0.39, 0.29) is 0 Å². The van der Waals surface area contributed by atoms with Gasteiger partial charge in [-0.2, -0.15) is 13.2 Å². The van der Waals surface area contributed by atoms with Crippen LogP contribution in [-0.2, 0) is 6.18 Å². The molecule has 10 heavy (non-hydrogen) atoms. The normalized spacial score (nSPS) is 11.5. The molecule has 0 aromatic carbocycles.